The van der Waals surface area contributed by atoms with Crippen molar-refractivity contribution in [1.29, 1.82) is 0 Å². The Kier molecular flexibility index (Phi) is 10.2. The summed E-state index contributed by atoms with van der Waals surface area (Å²) in [7, 11) is 1.78. The molecule has 5 heteroatoms. The Morgan fingerprint density at radius 3 is 2.30 bits per heavy atom. The molecular formula is C32H47N3O2. The molecule has 1 saturated heterocycles. The average molecular weight is 506 g/mol. The van der Waals surface area contributed by atoms with E-state index in [4.69, 9.17) is 4.74 Å². The number of nitrogens with zero attached hydrogens (tertiary/aromatic N) is 3. The highest BCUT2D eigenvalue weighted by atomic mass is 16.5. The van der Waals surface area contributed by atoms with Gasteiger partial charge in [-0.25, -0.2) is 0 Å². The van der Waals surface area contributed by atoms with Crippen molar-refractivity contribution in [1.82, 2.24) is 9.80 Å². The predicted octanol–water partition coefficient (Wildman–Crippen LogP) is 6.41. The lowest BCUT2D eigenvalue weighted by Crippen LogP contribution is -2.65. The molecule has 1 aliphatic heterocycles. The first-order valence-electron chi connectivity index (χ1n) is 14.1. The summed E-state index contributed by atoms with van der Waals surface area (Å²) in [5.74, 6) is 1.03. The van der Waals surface area contributed by atoms with Crippen LogP contribution in [-0.2, 0) is 6.42 Å². The minimum absolute atomic E-state index is 0.0947. The van der Waals surface area contributed by atoms with Gasteiger partial charge in [0.15, 0.2) is 0 Å². The molecule has 3 rings (SSSR count). The maximum atomic E-state index is 12.8. The largest absolute Gasteiger partial charge is 0.495 e. The Balaban J connectivity index is 1.98. The lowest BCUT2D eigenvalue weighted by atomic mass is 9.84. The van der Waals surface area contributed by atoms with Gasteiger partial charge < -0.3 is 14.5 Å². The second-order valence-corrected chi connectivity index (χ2v) is 10.1. The number of ether oxygens (including phenoxy) is 1. The number of anilines is 1. The molecule has 37 heavy (non-hydrogen) atoms. The van der Waals surface area contributed by atoms with Gasteiger partial charge in [-0.3, -0.25) is 9.69 Å². The first kappa shape index (κ1) is 28.8. The van der Waals surface area contributed by atoms with Gasteiger partial charge in [0.05, 0.1) is 12.8 Å². The minimum atomic E-state index is 0.0947. The number of benzene rings is 2. The summed E-state index contributed by atoms with van der Waals surface area (Å²) < 4.78 is 5.96. The molecule has 1 unspecified atom stereocenters. The Hall–Kier alpha value is -2.79. The van der Waals surface area contributed by atoms with Gasteiger partial charge in [0, 0.05) is 49.9 Å². The fraction of sp³-hybridized carbons (Fsp3) is 0.531. The van der Waals surface area contributed by atoms with Crippen molar-refractivity contribution in [2.24, 2.45) is 0 Å². The van der Waals surface area contributed by atoms with Crippen molar-refractivity contribution in [3.05, 3.63) is 71.8 Å². The molecule has 0 bridgehead atoms. The number of methoxy groups -OCH3 is 1. The van der Waals surface area contributed by atoms with Crippen LogP contribution in [0.4, 0.5) is 5.69 Å². The predicted molar refractivity (Wildman–Crippen MR) is 156 cm³/mol. The van der Waals surface area contributed by atoms with Crippen LogP contribution in [-0.4, -0.2) is 67.1 Å². The Bertz CT molecular complexity index is 1020. The maximum absolute atomic E-state index is 12.8. The second kappa shape index (κ2) is 13.1. The zero-order valence-electron chi connectivity index (χ0n) is 23.9. The molecule has 1 aliphatic rings. The minimum Gasteiger partial charge on any atom is -0.495 e. The summed E-state index contributed by atoms with van der Waals surface area (Å²) in [6.45, 7) is 19.3. The maximum Gasteiger partial charge on any atom is 0.253 e. The number of piperazine rings is 1. The van der Waals surface area contributed by atoms with E-state index in [0.717, 1.165) is 69.7 Å². The summed E-state index contributed by atoms with van der Waals surface area (Å²) in [5, 5.41) is 0. The van der Waals surface area contributed by atoms with E-state index in [9.17, 15) is 4.79 Å². The van der Waals surface area contributed by atoms with Crippen LogP contribution >= 0.6 is 0 Å². The van der Waals surface area contributed by atoms with Gasteiger partial charge in [-0.15, -0.1) is 6.58 Å². The topological polar surface area (TPSA) is 36.0 Å². The first-order valence-corrected chi connectivity index (χ1v) is 14.1. The summed E-state index contributed by atoms with van der Waals surface area (Å²) in [6.07, 6.45) is 6.09. The average Bonchev–Trinajstić information content (AvgIpc) is 2.94. The van der Waals surface area contributed by atoms with Crippen LogP contribution in [0.2, 0.25) is 0 Å². The van der Waals surface area contributed by atoms with E-state index < -0.39 is 0 Å². The van der Waals surface area contributed by atoms with Crippen LogP contribution in [0, 0.1) is 0 Å². The molecule has 1 heterocycles. The Morgan fingerprint density at radius 1 is 1.08 bits per heavy atom. The highest BCUT2D eigenvalue weighted by molar-refractivity contribution is 5.94. The lowest BCUT2D eigenvalue weighted by Gasteiger charge is -2.55. The van der Waals surface area contributed by atoms with E-state index in [2.05, 4.69) is 67.5 Å². The van der Waals surface area contributed by atoms with Crippen LogP contribution in [0.15, 0.2) is 55.1 Å². The molecule has 0 saturated carbocycles. The third-order valence-corrected chi connectivity index (χ3v) is 8.38. The number of hydrogen-bond acceptors (Lipinski definition) is 4. The third kappa shape index (κ3) is 6.04. The van der Waals surface area contributed by atoms with Crippen LogP contribution in [0.1, 0.15) is 75.4 Å². The number of hydrogen-bond donors (Lipinski definition) is 0. The first-order chi connectivity index (χ1) is 17.9. The zero-order chi connectivity index (χ0) is 27.0. The third-order valence-electron chi connectivity index (χ3n) is 8.38. The smallest absolute Gasteiger partial charge is 0.253 e. The number of rotatable bonds is 12. The van der Waals surface area contributed by atoms with E-state index in [-0.39, 0.29) is 11.4 Å². The molecule has 5 nitrogen and oxygen atoms in total. The molecule has 1 atom stereocenters. The van der Waals surface area contributed by atoms with Gasteiger partial charge in [-0.05, 0) is 68.9 Å². The van der Waals surface area contributed by atoms with E-state index in [1.807, 2.05) is 37.0 Å². The van der Waals surface area contributed by atoms with Gasteiger partial charge in [0.1, 0.15) is 5.75 Å². The zero-order valence-corrected chi connectivity index (χ0v) is 23.9. The molecule has 202 valence electrons. The van der Waals surface area contributed by atoms with Crippen molar-refractivity contribution in [3.8, 4) is 5.75 Å². The molecule has 0 spiro atoms. The van der Waals surface area contributed by atoms with Crippen molar-refractivity contribution >= 4 is 11.6 Å². The summed E-state index contributed by atoms with van der Waals surface area (Å²) >= 11 is 0. The van der Waals surface area contributed by atoms with E-state index in [0.29, 0.717) is 6.04 Å². The van der Waals surface area contributed by atoms with Crippen LogP contribution in [0.3, 0.4) is 0 Å². The monoisotopic (exact) mass is 505 g/mol. The number of para-hydroxylation sites is 1. The molecule has 0 aliphatic carbocycles. The van der Waals surface area contributed by atoms with Crippen molar-refractivity contribution < 1.29 is 9.53 Å². The molecule has 2 aromatic rings. The normalized spacial score (nSPS) is 17.5. The molecule has 2 aromatic carbocycles. The lowest BCUT2D eigenvalue weighted by molar-refractivity contribution is 0.0577. The fourth-order valence-corrected chi connectivity index (χ4v) is 5.93. The summed E-state index contributed by atoms with van der Waals surface area (Å²) in [4.78, 5) is 19.9. The molecule has 1 fully saturated rings. The van der Waals surface area contributed by atoms with Crippen LogP contribution < -0.4 is 9.64 Å². The van der Waals surface area contributed by atoms with Gasteiger partial charge in [0.25, 0.3) is 5.91 Å². The van der Waals surface area contributed by atoms with E-state index in [1.54, 1.807) is 7.11 Å². The quantitative estimate of drug-likeness (QED) is 0.312. The highest BCUT2D eigenvalue weighted by Crippen LogP contribution is 2.41. The van der Waals surface area contributed by atoms with Gasteiger partial charge in [-0.1, -0.05) is 51.1 Å². The molecule has 1 amide bonds. The van der Waals surface area contributed by atoms with Crippen molar-refractivity contribution in [3.63, 3.8) is 0 Å². The molecule has 0 radical (unpaired) electrons. The summed E-state index contributed by atoms with van der Waals surface area (Å²) in [6, 6.07) is 15.0. The summed E-state index contributed by atoms with van der Waals surface area (Å²) in [5.41, 5.74) is 4.52. The Morgan fingerprint density at radius 2 is 1.76 bits per heavy atom. The SMILES string of the molecule is C=CCN1CC(CC)N(c2c(Cc3ccc(C(=O)N(CC)CC)cc3)cccc2OC)CC1(CC)CC. The molecule has 0 aromatic heterocycles. The highest BCUT2D eigenvalue weighted by Gasteiger charge is 2.43. The van der Waals surface area contributed by atoms with Crippen LogP contribution in [0.5, 0.6) is 5.75 Å². The number of carbonyl (C=O) groups is 1. The standard InChI is InChI=1S/C32H47N3O2/c1-8-21-34-23-28(9-2)35(24-32(34,10-3)11-4)30-27(15-14-16-29(30)37-7)22-25-17-19-26(20-18-25)31(36)33(12-5)13-6/h8,14-20,28H,1,9-13,21-24H2,2-7H3. The fourth-order valence-electron chi connectivity index (χ4n) is 5.93. The number of carbonyl (C=O) groups excluding carboxylic acids is 1. The van der Waals surface area contributed by atoms with Crippen molar-refractivity contribution in [2.45, 2.75) is 71.9 Å². The molecule has 0 N–H and O–H groups in total. The van der Waals surface area contributed by atoms with E-state index >= 15 is 0 Å². The number of amides is 1. The second-order valence-electron chi connectivity index (χ2n) is 10.1. The van der Waals surface area contributed by atoms with Crippen LogP contribution in [0.25, 0.3) is 0 Å². The Labute approximate surface area is 225 Å². The van der Waals surface area contributed by atoms with E-state index in [1.165, 1.54) is 16.8 Å². The van der Waals surface area contributed by atoms with Crippen molar-refractivity contribution in [2.75, 3.05) is 44.7 Å². The van der Waals surface area contributed by atoms with Gasteiger partial charge in [-0.2, -0.15) is 0 Å². The van der Waals surface area contributed by atoms with Gasteiger partial charge >= 0.3 is 0 Å². The van der Waals surface area contributed by atoms with Gasteiger partial charge in [0.2, 0.25) is 0 Å². The molecular weight excluding hydrogens is 458 g/mol.